The molecule has 0 N–H and O–H groups in total. The van der Waals surface area contributed by atoms with Gasteiger partial charge in [0.15, 0.2) is 0 Å². The molecule has 0 radical (unpaired) electrons. The molecule has 1 heterocycles. The molecule has 0 fully saturated rings. The minimum Gasteiger partial charge on any atom is -0.464 e. The topological polar surface area (TPSA) is 13.1 Å². The van der Waals surface area contributed by atoms with Gasteiger partial charge in [-0.3, -0.25) is 0 Å². The molecule has 0 saturated carbocycles. The minimum atomic E-state index is 0.746. The second kappa shape index (κ2) is 4.52. The highest BCUT2D eigenvalue weighted by Gasteiger charge is 2.03. The number of fused-ring (bicyclic) bond motifs is 1. The zero-order chi connectivity index (χ0) is 9.80. The Labute approximate surface area is 88.7 Å². The predicted molar refractivity (Wildman–Crippen MR) is 59.9 cm³/mol. The van der Waals surface area contributed by atoms with Gasteiger partial charge in [0.05, 0.1) is 6.26 Å². The highest BCUT2D eigenvalue weighted by Crippen LogP contribution is 2.22. The standard InChI is InChI=1S/C12H13ClO/c13-8-4-3-5-10-9-14-12-7-2-1-6-11(10)12/h1-2,6-7,9H,3-5,8H2. The summed E-state index contributed by atoms with van der Waals surface area (Å²) < 4.78 is 5.45. The average Bonchev–Trinajstić information content (AvgIpc) is 2.63. The van der Waals surface area contributed by atoms with E-state index in [9.17, 15) is 0 Å². The van der Waals surface area contributed by atoms with Crippen molar-refractivity contribution in [2.24, 2.45) is 0 Å². The van der Waals surface area contributed by atoms with E-state index in [4.69, 9.17) is 16.0 Å². The van der Waals surface area contributed by atoms with Crippen molar-refractivity contribution in [3.05, 3.63) is 36.1 Å². The smallest absolute Gasteiger partial charge is 0.134 e. The van der Waals surface area contributed by atoms with Crippen LogP contribution in [0.25, 0.3) is 11.0 Å². The van der Waals surface area contributed by atoms with Crippen molar-refractivity contribution in [1.29, 1.82) is 0 Å². The first-order chi connectivity index (χ1) is 6.92. The van der Waals surface area contributed by atoms with Crippen LogP contribution >= 0.6 is 11.6 Å². The molecule has 0 unspecified atom stereocenters. The maximum atomic E-state index is 5.64. The van der Waals surface area contributed by atoms with E-state index in [0.717, 1.165) is 30.7 Å². The lowest BCUT2D eigenvalue weighted by molar-refractivity contribution is 0.608. The Hall–Kier alpha value is -0.950. The lowest BCUT2D eigenvalue weighted by Gasteiger charge is -1.95. The van der Waals surface area contributed by atoms with Gasteiger partial charge in [-0.1, -0.05) is 18.2 Å². The molecule has 1 nitrogen and oxygen atoms in total. The Morgan fingerprint density at radius 3 is 2.86 bits per heavy atom. The summed E-state index contributed by atoms with van der Waals surface area (Å²) in [6, 6.07) is 8.15. The number of hydrogen-bond donors (Lipinski definition) is 0. The number of para-hydroxylation sites is 1. The molecule has 74 valence electrons. The second-order valence-electron chi connectivity index (χ2n) is 3.40. The van der Waals surface area contributed by atoms with Gasteiger partial charge in [0.25, 0.3) is 0 Å². The molecule has 0 atom stereocenters. The first-order valence-electron chi connectivity index (χ1n) is 4.93. The van der Waals surface area contributed by atoms with Crippen LogP contribution in [0.3, 0.4) is 0 Å². The van der Waals surface area contributed by atoms with Crippen LogP contribution in [-0.4, -0.2) is 5.88 Å². The monoisotopic (exact) mass is 208 g/mol. The Bertz CT molecular complexity index is 405. The van der Waals surface area contributed by atoms with Crippen molar-refractivity contribution in [2.75, 3.05) is 5.88 Å². The van der Waals surface area contributed by atoms with Gasteiger partial charge in [-0.05, 0) is 30.9 Å². The fourth-order valence-corrected chi connectivity index (χ4v) is 1.83. The summed E-state index contributed by atoms with van der Waals surface area (Å²) in [5.74, 6) is 0.746. The Kier molecular flexibility index (Phi) is 3.10. The number of unbranched alkanes of at least 4 members (excludes halogenated alkanes) is 1. The van der Waals surface area contributed by atoms with E-state index in [1.807, 2.05) is 24.5 Å². The molecule has 0 aliphatic rings. The normalized spacial score (nSPS) is 10.9. The van der Waals surface area contributed by atoms with E-state index in [-0.39, 0.29) is 0 Å². The van der Waals surface area contributed by atoms with Crippen molar-refractivity contribution >= 4 is 22.6 Å². The van der Waals surface area contributed by atoms with Crippen LogP contribution < -0.4 is 0 Å². The molecule has 2 aromatic rings. The van der Waals surface area contributed by atoms with E-state index < -0.39 is 0 Å². The molecule has 0 aliphatic heterocycles. The molecule has 0 spiro atoms. The van der Waals surface area contributed by atoms with Gasteiger partial charge in [0.2, 0.25) is 0 Å². The van der Waals surface area contributed by atoms with Crippen LogP contribution in [0, 0.1) is 0 Å². The third-order valence-corrected chi connectivity index (χ3v) is 2.66. The molecule has 1 aromatic carbocycles. The summed E-state index contributed by atoms with van der Waals surface area (Å²) >= 11 is 5.64. The van der Waals surface area contributed by atoms with E-state index >= 15 is 0 Å². The highest BCUT2D eigenvalue weighted by atomic mass is 35.5. The van der Waals surface area contributed by atoms with Crippen LogP contribution in [0.5, 0.6) is 0 Å². The van der Waals surface area contributed by atoms with Crippen molar-refractivity contribution in [1.82, 2.24) is 0 Å². The van der Waals surface area contributed by atoms with E-state index in [0.29, 0.717) is 0 Å². The van der Waals surface area contributed by atoms with Gasteiger partial charge < -0.3 is 4.42 Å². The third kappa shape index (κ3) is 1.93. The Morgan fingerprint density at radius 1 is 1.14 bits per heavy atom. The van der Waals surface area contributed by atoms with Gasteiger partial charge in [0, 0.05) is 11.3 Å². The van der Waals surface area contributed by atoms with E-state index in [2.05, 4.69) is 6.07 Å². The molecule has 0 saturated heterocycles. The number of alkyl halides is 1. The summed E-state index contributed by atoms with van der Waals surface area (Å²) in [5, 5.41) is 1.24. The second-order valence-corrected chi connectivity index (χ2v) is 3.78. The van der Waals surface area contributed by atoms with Gasteiger partial charge >= 0.3 is 0 Å². The minimum absolute atomic E-state index is 0.746. The summed E-state index contributed by atoms with van der Waals surface area (Å²) in [5.41, 5.74) is 2.28. The molecule has 1 aromatic heterocycles. The molecule has 2 heteroatoms. The van der Waals surface area contributed by atoms with Crippen molar-refractivity contribution in [2.45, 2.75) is 19.3 Å². The number of aryl methyl sites for hydroxylation is 1. The maximum absolute atomic E-state index is 5.64. The van der Waals surface area contributed by atoms with Crippen LogP contribution in [-0.2, 0) is 6.42 Å². The first-order valence-corrected chi connectivity index (χ1v) is 5.46. The quantitative estimate of drug-likeness (QED) is 0.547. The summed E-state index contributed by atoms with van der Waals surface area (Å²) in [6.07, 6.45) is 5.12. The molecular formula is C12H13ClO. The molecule has 0 bridgehead atoms. The van der Waals surface area contributed by atoms with Crippen molar-refractivity contribution < 1.29 is 4.42 Å². The third-order valence-electron chi connectivity index (χ3n) is 2.39. The van der Waals surface area contributed by atoms with Crippen molar-refractivity contribution in [3.63, 3.8) is 0 Å². The average molecular weight is 209 g/mol. The number of benzene rings is 1. The largest absolute Gasteiger partial charge is 0.464 e. The molecular weight excluding hydrogens is 196 g/mol. The Balaban J connectivity index is 2.17. The number of hydrogen-bond acceptors (Lipinski definition) is 1. The van der Waals surface area contributed by atoms with Crippen LogP contribution in [0.2, 0.25) is 0 Å². The number of rotatable bonds is 4. The highest BCUT2D eigenvalue weighted by molar-refractivity contribution is 6.17. The van der Waals surface area contributed by atoms with Gasteiger partial charge in [-0.2, -0.15) is 0 Å². The van der Waals surface area contributed by atoms with Crippen molar-refractivity contribution in [3.8, 4) is 0 Å². The fourth-order valence-electron chi connectivity index (χ4n) is 1.64. The summed E-state index contributed by atoms with van der Waals surface area (Å²) in [6.45, 7) is 0. The fraction of sp³-hybridized carbons (Fsp3) is 0.333. The first kappa shape index (κ1) is 9.60. The zero-order valence-electron chi connectivity index (χ0n) is 8.00. The number of halogens is 1. The van der Waals surface area contributed by atoms with E-state index in [1.54, 1.807) is 0 Å². The SMILES string of the molecule is ClCCCCc1coc2ccccc12. The Morgan fingerprint density at radius 2 is 2.00 bits per heavy atom. The van der Waals surface area contributed by atoms with Crippen LogP contribution in [0.1, 0.15) is 18.4 Å². The molecule has 14 heavy (non-hydrogen) atoms. The maximum Gasteiger partial charge on any atom is 0.134 e. The predicted octanol–water partition coefficient (Wildman–Crippen LogP) is 3.99. The van der Waals surface area contributed by atoms with Gasteiger partial charge in [-0.25, -0.2) is 0 Å². The summed E-state index contributed by atoms with van der Waals surface area (Å²) in [4.78, 5) is 0. The molecule has 2 rings (SSSR count). The lowest BCUT2D eigenvalue weighted by Crippen LogP contribution is -1.84. The van der Waals surface area contributed by atoms with Gasteiger partial charge in [-0.15, -0.1) is 11.6 Å². The number of furan rings is 1. The van der Waals surface area contributed by atoms with Crippen LogP contribution in [0.15, 0.2) is 34.9 Å². The molecule has 0 aliphatic carbocycles. The van der Waals surface area contributed by atoms with E-state index in [1.165, 1.54) is 10.9 Å². The molecule has 0 amide bonds. The van der Waals surface area contributed by atoms with Crippen LogP contribution in [0.4, 0.5) is 0 Å². The summed E-state index contributed by atoms with van der Waals surface area (Å²) in [7, 11) is 0. The lowest BCUT2D eigenvalue weighted by atomic mass is 10.1. The zero-order valence-corrected chi connectivity index (χ0v) is 8.76. The van der Waals surface area contributed by atoms with Gasteiger partial charge in [0.1, 0.15) is 5.58 Å².